The first-order valence-electron chi connectivity index (χ1n) is 9.07. The Hall–Kier alpha value is -4.01. The van der Waals surface area contributed by atoms with Gasteiger partial charge in [0.05, 0.1) is 28.1 Å². The SMILES string of the molecule is CCn1c(NNC(=O)Cn2c(=O)cnc3ccccc32)nc2ccccc2c1=O. The molecule has 0 bridgehead atoms. The summed E-state index contributed by atoms with van der Waals surface area (Å²) in [6, 6.07) is 14.1. The van der Waals surface area contributed by atoms with Crippen LogP contribution in [0.5, 0.6) is 0 Å². The Morgan fingerprint density at radius 3 is 2.52 bits per heavy atom. The van der Waals surface area contributed by atoms with E-state index in [1.807, 2.05) is 6.92 Å². The summed E-state index contributed by atoms with van der Waals surface area (Å²) in [7, 11) is 0. The molecule has 146 valence electrons. The summed E-state index contributed by atoms with van der Waals surface area (Å²) in [4.78, 5) is 45.7. The number of hydrazine groups is 1. The van der Waals surface area contributed by atoms with Gasteiger partial charge in [-0.15, -0.1) is 0 Å². The summed E-state index contributed by atoms with van der Waals surface area (Å²) in [5.74, 6) is -0.245. The minimum absolute atomic E-state index is 0.203. The van der Waals surface area contributed by atoms with Crippen molar-refractivity contribution < 1.29 is 4.79 Å². The zero-order valence-electron chi connectivity index (χ0n) is 15.6. The molecule has 0 aliphatic carbocycles. The Labute approximate surface area is 164 Å². The summed E-state index contributed by atoms with van der Waals surface area (Å²) in [6.07, 6.45) is 1.18. The predicted molar refractivity (Wildman–Crippen MR) is 109 cm³/mol. The number of hydrogen-bond acceptors (Lipinski definition) is 6. The van der Waals surface area contributed by atoms with Gasteiger partial charge in [0, 0.05) is 6.54 Å². The van der Waals surface area contributed by atoms with Gasteiger partial charge in [-0.1, -0.05) is 24.3 Å². The number of carbonyl (C=O) groups excluding carboxylic acids is 1. The van der Waals surface area contributed by atoms with Crippen molar-refractivity contribution in [2.45, 2.75) is 20.0 Å². The van der Waals surface area contributed by atoms with Gasteiger partial charge in [-0.3, -0.25) is 34.4 Å². The van der Waals surface area contributed by atoms with E-state index in [2.05, 4.69) is 20.8 Å². The number of nitrogens with zero attached hydrogens (tertiary/aromatic N) is 4. The topological polar surface area (TPSA) is 111 Å². The Kier molecular flexibility index (Phi) is 4.78. The maximum absolute atomic E-state index is 12.6. The molecule has 0 fully saturated rings. The third kappa shape index (κ3) is 3.45. The molecule has 9 heteroatoms. The Morgan fingerprint density at radius 2 is 1.72 bits per heavy atom. The minimum Gasteiger partial charge on any atom is -0.296 e. The average molecular weight is 390 g/mol. The van der Waals surface area contributed by atoms with Crippen molar-refractivity contribution >= 4 is 33.8 Å². The van der Waals surface area contributed by atoms with Crippen LogP contribution in [0.25, 0.3) is 21.9 Å². The van der Waals surface area contributed by atoms with E-state index < -0.39 is 5.91 Å². The van der Waals surface area contributed by atoms with Crippen molar-refractivity contribution in [3.05, 3.63) is 75.4 Å². The van der Waals surface area contributed by atoms with E-state index in [4.69, 9.17) is 0 Å². The van der Waals surface area contributed by atoms with Crippen LogP contribution in [0, 0.1) is 0 Å². The van der Waals surface area contributed by atoms with E-state index in [0.29, 0.717) is 28.5 Å². The highest BCUT2D eigenvalue weighted by atomic mass is 16.2. The van der Waals surface area contributed by atoms with Gasteiger partial charge in [0.25, 0.3) is 17.0 Å². The smallest absolute Gasteiger partial charge is 0.269 e. The molecule has 2 aromatic heterocycles. The minimum atomic E-state index is -0.464. The maximum atomic E-state index is 12.6. The van der Waals surface area contributed by atoms with Gasteiger partial charge in [-0.2, -0.15) is 0 Å². The molecule has 29 heavy (non-hydrogen) atoms. The molecule has 0 aliphatic heterocycles. The molecular formula is C20H18N6O3. The highest BCUT2D eigenvalue weighted by molar-refractivity contribution is 5.81. The molecule has 0 radical (unpaired) electrons. The van der Waals surface area contributed by atoms with Crippen molar-refractivity contribution in [3.8, 4) is 0 Å². The standard InChI is InChI=1S/C20H18N6O3/c1-2-25-19(29)13-7-3-4-8-14(13)22-20(25)24-23-17(27)12-26-16-10-6-5-9-15(16)21-11-18(26)28/h3-11H,2,12H2,1H3,(H,22,24)(H,23,27). The van der Waals surface area contributed by atoms with E-state index in [9.17, 15) is 14.4 Å². The lowest BCUT2D eigenvalue weighted by molar-refractivity contribution is -0.121. The van der Waals surface area contributed by atoms with Crippen LogP contribution in [0.15, 0.2) is 64.3 Å². The van der Waals surface area contributed by atoms with Gasteiger partial charge >= 0.3 is 0 Å². The zero-order valence-corrected chi connectivity index (χ0v) is 15.6. The number of aromatic nitrogens is 4. The monoisotopic (exact) mass is 390 g/mol. The molecule has 1 amide bonds. The van der Waals surface area contributed by atoms with E-state index in [-0.39, 0.29) is 23.6 Å². The van der Waals surface area contributed by atoms with Crippen LogP contribution in [0.4, 0.5) is 5.95 Å². The number of nitrogens with one attached hydrogen (secondary N) is 2. The lowest BCUT2D eigenvalue weighted by Crippen LogP contribution is -2.38. The van der Waals surface area contributed by atoms with Gasteiger partial charge in [0.2, 0.25) is 5.95 Å². The molecule has 0 saturated carbocycles. The van der Waals surface area contributed by atoms with Crippen LogP contribution in [0.3, 0.4) is 0 Å². The fourth-order valence-electron chi connectivity index (χ4n) is 3.14. The van der Waals surface area contributed by atoms with Crippen LogP contribution < -0.4 is 22.0 Å². The summed E-state index contributed by atoms with van der Waals surface area (Å²) >= 11 is 0. The fourth-order valence-corrected chi connectivity index (χ4v) is 3.14. The first-order chi connectivity index (χ1) is 14.1. The number of hydrogen-bond donors (Lipinski definition) is 2. The number of amides is 1. The molecular weight excluding hydrogens is 372 g/mol. The van der Waals surface area contributed by atoms with Crippen molar-refractivity contribution in [3.63, 3.8) is 0 Å². The summed E-state index contributed by atoms with van der Waals surface area (Å²) in [5, 5.41) is 0.501. The molecule has 0 aliphatic rings. The predicted octanol–water partition coefficient (Wildman–Crippen LogP) is 1.27. The molecule has 4 aromatic rings. The lowest BCUT2D eigenvalue weighted by Gasteiger charge is -2.15. The van der Waals surface area contributed by atoms with Crippen molar-refractivity contribution in [1.82, 2.24) is 24.5 Å². The van der Waals surface area contributed by atoms with Gasteiger partial charge in [0.1, 0.15) is 6.54 Å². The zero-order chi connectivity index (χ0) is 20.4. The Balaban J connectivity index is 1.59. The number of rotatable bonds is 5. The van der Waals surface area contributed by atoms with Crippen LogP contribution in [-0.4, -0.2) is 25.0 Å². The highest BCUT2D eigenvalue weighted by Crippen LogP contribution is 2.11. The number of carbonyl (C=O) groups is 1. The number of benzene rings is 2. The summed E-state index contributed by atoms with van der Waals surface area (Å²) in [6.45, 7) is 1.98. The van der Waals surface area contributed by atoms with Crippen LogP contribution in [-0.2, 0) is 17.9 Å². The lowest BCUT2D eigenvalue weighted by atomic mass is 10.2. The normalized spacial score (nSPS) is 10.9. The molecule has 2 N–H and O–H groups in total. The summed E-state index contributed by atoms with van der Waals surface area (Å²) < 4.78 is 2.76. The number of para-hydroxylation sites is 3. The molecule has 0 atom stereocenters. The Bertz CT molecular complexity index is 1340. The second kappa shape index (κ2) is 7.55. The first-order valence-corrected chi connectivity index (χ1v) is 9.07. The van der Waals surface area contributed by atoms with E-state index in [1.54, 1.807) is 48.5 Å². The second-order valence-corrected chi connectivity index (χ2v) is 6.35. The number of anilines is 1. The number of fused-ring (bicyclic) bond motifs is 2. The van der Waals surface area contributed by atoms with Crippen LogP contribution in [0.1, 0.15) is 6.92 Å². The third-order valence-electron chi connectivity index (χ3n) is 4.55. The largest absolute Gasteiger partial charge is 0.296 e. The quantitative estimate of drug-likeness (QED) is 0.497. The molecule has 2 aromatic carbocycles. The molecule has 2 heterocycles. The van der Waals surface area contributed by atoms with Crippen LogP contribution >= 0.6 is 0 Å². The molecule has 0 unspecified atom stereocenters. The van der Waals surface area contributed by atoms with Crippen molar-refractivity contribution in [2.24, 2.45) is 0 Å². The van der Waals surface area contributed by atoms with E-state index in [0.717, 1.165) is 0 Å². The van der Waals surface area contributed by atoms with Gasteiger partial charge in [-0.05, 0) is 31.2 Å². The second-order valence-electron chi connectivity index (χ2n) is 6.35. The van der Waals surface area contributed by atoms with E-state index in [1.165, 1.54) is 15.3 Å². The third-order valence-corrected chi connectivity index (χ3v) is 4.55. The molecule has 9 nitrogen and oxygen atoms in total. The highest BCUT2D eigenvalue weighted by Gasteiger charge is 2.12. The fraction of sp³-hybridized carbons (Fsp3) is 0.150. The summed E-state index contributed by atoms with van der Waals surface area (Å²) in [5.41, 5.74) is 6.33. The average Bonchev–Trinajstić information content (AvgIpc) is 2.74. The maximum Gasteiger partial charge on any atom is 0.269 e. The van der Waals surface area contributed by atoms with Crippen LogP contribution in [0.2, 0.25) is 0 Å². The van der Waals surface area contributed by atoms with Crippen molar-refractivity contribution in [2.75, 3.05) is 5.43 Å². The molecule has 0 spiro atoms. The molecule has 0 saturated heterocycles. The van der Waals surface area contributed by atoms with E-state index >= 15 is 0 Å². The van der Waals surface area contributed by atoms with Gasteiger partial charge in [0.15, 0.2) is 0 Å². The van der Waals surface area contributed by atoms with Gasteiger partial charge in [-0.25, -0.2) is 9.97 Å². The van der Waals surface area contributed by atoms with Crippen molar-refractivity contribution in [1.29, 1.82) is 0 Å². The molecule has 4 rings (SSSR count). The van der Waals surface area contributed by atoms with Gasteiger partial charge < -0.3 is 0 Å². The first kappa shape index (κ1) is 18.4. The Morgan fingerprint density at radius 1 is 1.00 bits per heavy atom.